The fourth-order valence-corrected chi connectivity index (χ4v) is 3.03. The summed E-state index contributed by atoms with van der Waals surface area (Å²) in [5.41, 5.74) is 5.66. The lowest BCUT2D eigenvalue weighted by atomic mass is 10.1. The molecule has 0 radical (unpaired) electrons. The maximum atomic E-state index is 12.2. The number of rotatable bonds is 5. The summed E-state index contributed by atoms with van der Waals surface area (Å²) in [6.07, 6.45) is 3.49. The van der Waals surface area contributed by atoms with Gasteiger partial charge in [-0.05, 0) is 36.9 Å². The first kappa shape index (κ1) is 12.5. The SMILES string of the molecule is CN(CC1(CN)CC1)S(=O)(=O)c1ccccn1. The summed E-state index contributed by atoms with van der Waals surface area (Å²) in [5.74, 6) is 0. The molecular formula is C11H17N3O2S. The zero-order valence-electron chi connectivity index (χ0n) is 9.83. The van der Waals surface area contributed by atoms with Gasteiger partial charge >= 0.3 is 0 Å². The van der Waals surface area contributed by atoms with E-state index < -0.39 is 10.0 Å². The highest BCUT2D eigenvalue weighted by Gasteiger charge is 2.44. The lowest BCUT2D eigenvalue weighted by Crippen LogP contribution is -2.36. The molecule has 0 saturated heterocycles. The molecule has 0 aliphatic heterocycles. The second-order valence-electron chi connectivity index (χ2n) is 4.63. The van der Waals surface area contributed by atoms with Crippen LogP contribution in [0, 0.1) is 5.41 Å². The van der Waals surface area contributed by atoms with Crippen LogP contribution in [0.4, 0.5) is 0 Å². The Morgan fingerprint density at radius 1 is 1.47 bits per heavy atom. The van der Waals surface area contributed by atoms with Crippen molar-refractivity contribution < 1.29 is 8.42 Å². The van der Waals surface area contributed by atoms with Crippen molar-refractivity contribution >= 4 is 10.0 Å². The Kier molecular flexibility index (Phi) is 3.20. The second kappa shape index (κ2) is 4.36. The molecule has 0 bridgehead atoms. The molecule has 1 aliphatic rings. The molecule has 1 aromatic rings. The van der Waals surface area contributed by atoms with Gasteiger partial charge in [-0.2, -0.15) is 4.31 Å². The summed E-state index contributed by atoms with van der Waals surface area (Å²) in [6, 6.07) is 4.87. The summed E-state index contributed by atoms with van der Waals surface area (Å²) in [5, 5.41) is 0.0929. The highest BCUT2D eigenvalue weighted by molar-refractivity contribution is 7.89. The molecule has 2 rings (SSSR count). The molecule has 1 aliphatic carbocycles. The Balaban J connectivity index is 2.16. The molecule has 17 heavy (non-hydrogen) atoms. The van der Waals surface area contributed by atoms with Gasteiger partial charge in [-0.25, -0.2) is 13.4 Å². The van der Waals surface area contributed by atoms with Crippen LogP contribution in [0.2, 0.25) is 0 Å². The average molecular weight is 255 g/mol. The normalized spacial score (nSPS) is 18.3. The van der Waals surface area contributed by atoms with E-state index in [0.717, 1.165) is 12.8 Å². The largest absolute Gasteiger partial charge is 0.330 e. The lowest BCUT2D eigenvalue weighted by Gasteiger charge is -2.21. The van der Waals surface area contributed by atoms with Crippen LogP contribution in [-0.2, 0) is 10.0 Å². The Morgan fingerprint density at radius 2 is 2.18 bits per heavy atom. The molecule has 1 fully saturated rings. The van der Waals surface area contributed by atoms with Gasteiger partial charge in [0.2, 0.25) is 0 Å². The van der Waals surface area contributed by atoms with Crippen molar-refractivity contribution in [2.45, 2.75) is 17.9 Å². The predicted molar refractivity (Wildman–Crippen MR) is 64.8 cm³/mol. The number of hydrogen-bond donors (Lipinski definition) is 1. The number of hydrogen-bond acceptors (Lipinski definition) is 4. The van der Waals surface area contributed by atoms with E-state index >= 15 is 0 Å². The third-order valence-electron chi connectivity index (χ3n) is 3.26. The summed E-state index contributed by atoms with van der Waals surface area (Å²) >= 11 is 0. The van der Waals surface area contributed by atoms with Gasteiger partial charge in [-0.3, -0.25) is 0 Å². The molecule has 1 aromatic heterocycles. The van der Waals surface area contributed by atoms with Crippen LogP contribution in [0.3, 0.4) is 0 Å². The standard InChI is InChI=1S/C11H17N3O2S/c1-14(9-11(8-12)5-6-11)17(15,16)10-4-2-3-7-13-10/h2-4,7H,5-6,8-9,12H2,1H3. The van der Waals surface area contributed by atoms with Crippen molar-refractivity contribution in [1.82, 2.24) is 9.29 Å². The fourth-order valence-electron chi connectivity index (χ4n) is 1.82. The molecule has 94 valence electrons. The van der Waals surface area contributed by atoms with Crippen molar-refractivity contribution in [2.75, 3.05) is 20.1 Å². The smallest absolute Gasteiger partial charge is 0.260 e. The molecule has 0 amide bonds. The van der Waals surface area contributed by atoms with Crippen LogP contribution in [-0.4, -0.2) is 37.8 Å². The van der Waals surface area contributed by atoms with Crippen molar-refractivity contribution in [2.24, 2.45) is 11.1 Å². The summed E-state index contributed by atoms with van der Waals surface area (Å²) in [6.45, 7) is 1.01. The van der Waals surface area contributed by atoms with Crippen LogP contribution in [0.15, 0.2) is 29.4 Å². The Bertz CT molecular complexity index is 483. The Labute approximate surface area is 102 Å². The van der Waals surface area contributed by atoms with Crippen molar-refractivity contribution in [3.05, 3.63) is 24.4 Å². The molecular weight excluding hydrogens is 238 g/mol. The molecule has 5 nitrogen and oxygen atoms in total. The molecule has 1 saturated carbocycles. The van der Waals surface area contributed by atoms with Gasteiger partial charge in [0.05, 0.1) is 0 Å². The number of sulfonamides is 1. The molecule has 0 aromatic carbocycles. The van der Waals surface area contributed by atoms with Crippen LogP contribution >= 0.6 is 0 Å². The van der Waals surface area contributed by atoms with Gasteiger partial charge in [-0.15, -0.1) is 0 Å². The highest BCUT2D eigenvalue weighted by atomic mass is 32.2. The Morgan fingerprint density at radius 3 is 2.65 bits per heavy atom. The van der Waals surface area contributed by atoms with E-state index in [0.29, 0.717) is 13.1 Å². The molecule has 1 heterocycles. The van der Waals surface area contributed by atoms with Gasteiger partial charge < -0.3 is 5.73 Å². The minimum atomic E-state index is -3.48. The number of aromatic nitrogens is 1. The average Bonchev–Trinajstić information content (AvgIpc) is 3.10. The minimum absolute atomic E-state index is 0.00337. The first-order valence-corrected chi connectivity index (χ1v) is 7.02. The van der Waals surface area contributed by atoms with Crippen molar-refractivity contribution in [1.29, 1.82) is 0 Å². The van der Waals surface area contributed by atoms with Gasteiger partial charge in [0.15, 0.2) is 5.03 Å². The van der Waals surface area contributed by atoms with Crippen LogP contribution in [0.1, 0.15) is 12.8 Å². The van der Waals surface area contributed by atoms with Gasteiger partial charge in [-0.1, -0.05) is 6.07 Å². The molecule has 2 N–H and O–H groups in total. The van der Waals surface area contributed by atoms with Gasteiger partial charge in [0.1, 0.15) is 0 Å². The molecule has 0 spiro atoms. The molecule has 6 heteroatoms. The maximum Gasteiger partial charge on any atom is 0.260 e. The number of nitrogens with two attached hydrogens (primary N) is 1. The Hall–Kier alpha value is -0.980. The summed E-state index contributed by atoms with van der Waals surface area (Å²) in [7, 11) is -1.89. The quantitative estimate of drug-likeness (QED) is 0.828. The highest BCUT2D eigenvalue weighted by Crippen LogP contribution is 2.45. The van der Waals surface area contributed by atoms with E-state index in [1.807, 2.05) is 0 Å². The first-order valence-electron chi connectivity index (χ1n) is 5.58. The van der Waals surface area contributed by atoms with Gasteiger partial charge in [0, 0.05) is 19.8 Å². The van der Waals surface area contributed by atoms with Crippen LogP contribution < -0.4 is 5.73 Å². The van der Waals surface area contributed by atoms with Crippen LogP contribution in [0.25, 0.3) is 0 Å². The topological polar surface area (TPSA) is 76.3 Å². The minimum Gasteiger partial charge on any atom is -0.330 e. The zero-order chi connectivity index (χ0) is 12.5. The maximum absolute atomic E-state index is 12.2. The third-order valence-corrected chi connectivity index (χ3v) is 4.98. The van der Waals surface area contributed by atoms with Gasteiger partial charge in [0.25, 0.3) is 10.0 Å². The predicted octanol–water partition coefficient (Wildman–Crippen LogP) is 0.441. The van der Waals surface area contributed by atoms with Crippen molar-refractivity contribution in [3.8, 4) is 0 Å². The van der Waals surface area contributed by atoms with E-state index in [9.17, 15) is 8.42 Å². The zero-order valence-corrected chi connectivity index (χ0v) is 10.7. The second-order valence-corrected chi connectivity index (χ2v) is 6.62. The van der Waals surface area contributed by atoms with E-state index in [1.165, 1.54) is 16.6 Å². The van der Waals surface area contributed by atoms with E-state index in [-0.39, 0.29) is 10.4 Å². The third kappa shape index (κ3) is 2.48. The summed E-state index contributed by atoms with van der Waals surface area (Å²) in [4.78, 5) is 3.89. The van der Waals surface area contributed by atoms with E-state index in [2.05, 4.69) is 4.98 Å². The first-order chi connectivity index (χ1) is 8.00. The van der Waals surface area contributed by atoms with Crippen molar-refractivity contribution in [3.63, 3.8) is 0 Å². The number of pyridine rings is 1. The molecule has 0 unspecified atom stereocenters. The summed E-state index contributed by atoms with van der Waals surface area (Å²) < 4.78 is 25.7. The fraction of sp³-hybridized carbons (Fsp3) is 0.545. The monoisotopic (exact) mass is 255 g/mol. The van der Waals surface area contributed by atoms with E-state index in [1.54, 1.807) is 19.2 Å². The van der Waals surface area contributed by atoms with Crippen LogP contribution in [0.5, 0.6) is 0 Å². The molecule has 0 atom stereocenters. The lowest BCUT2D eigenvalue weighted by molar-refractivity contribution is 0.370. The number of nitrogens with zero attached hydrogens (tertiary/aromatic N) is 2. The van der Waals surface area contributed by atoms with E-state index in [4.69, 9.17) is 5.73 Å².